The zero-order valence-electron chi connectivity index (χ0n) is 13.7. The van der Waals surface area contributed by atoms with E-state index in [4.69, 9.17) is 9.47 Å². The standard InChI is InChI=1S/C18H26O4/c1-18(2)12-14(8-9-22-18)15(11-17(19)20)10-13-6-4-5-7-16(13)21-3/h4-7,14-15H,8-12H2,1-3H3,(H,19,20)/t14-,15+/m0/s1. The molecule has 1 aliphatic rings. The average molecular weight is 306 g/mol. The summed E-state index contributed by atoms with van der Waals surface area (Å²) in [7, 11) is 1.66. The van der Waals surface area contributed by atoms with Crippen LogP contribution in [0.2, 0.25) is 0 Å². The van der Waals surface area contributed by atoms with Crippen LogP contribution in [-0.4, -0.2) is 30.4 Å². The molecule has 0 unspecified atom stereocenters. The average Bonchev–Trinajstić information content (AvgIpc) is 2.45. The Labute approximate surface area is 132 Å². The minimum Gasteiger partial charge on any atom is -0.496 e. The van der Waals surface area contributed by atoms with Gasteiger partial charge in [0.1, 0.15) is 5.75 Å². The third-order valence-corrected chi connectivity index (χ3v) is 4.51. The zero-order valence-corrected chi connectivity index (χ0v) is 13.7. The highest BCUT2D eigenvalue weighted by molar-refractivity contribution is 5.67. The molecule has 0 amide bonds. The molecule has 4 heteroatoms. The Morgan fingerprint density at radius 1 is 1.45 bits per heavy atom. The molecule has 0 bridgehead atoms. The SMILES string of the molecule is COc1ccccc1C[C@H](CC(=O)O)[C@H]1CCOC(C)(C)C1. The topological polar surface area (TPSA) is 55.8 Å². The highest BCUT2D eigenvalue weighted by atomic mass is 16.5. The van der Waals surface area contributed by atoms with E-state index in [0.717, 1.165) is 30.6 Å². The Bertz CT molecular complexity index is 510. The normalized spacial score (nSPS) is 22.0. The highest BCUT2D eigenvalue weighted by Gasteiger charge is 2.34. The van der Waals surface area contributed by atoms with E-state index in [1.165, 1.54) is 0 Å². The maximum atomic E-state index is 11.3. The lowest BCUT2D eigenvalue weighted by Crippen LogP contribution is -2.38. The van der Waals surface area contributed by atoms with Gasteiger partial charge in [-0.1, -0.05) is 18.2 Å². The van der Waals surface area contributed by atoms with Crippen molar-refractivity contribution in [3.8, 4) is 5.75 Å². The second-order valence-electron chi connectivity index (χ2n) is 6.73. The van der Waals surface area contributed by atoms with E-state index in [2.05, 4.69) is 13.8 Å². The van der Waals surface area contributed by atoms with Crippen molar-refractivity contribution in [2.24, 2.45) is 11.8 Å². The van der Waals surface area contributed by atoms with Gasteiger partial charge < -0.3 is 14.6 Å². The van der Waals surface area contributed by atoms with Crippen molar-refractivity contribution in [1.82, 2.24) is 0 Å². The zero-order chi connectivity index (χ0) is 16.2. The number of carbonyl (C=O) groups is 1. The molecule has 1 N–H and O–H groups in total. The molecule has 1 fully saturated rings. The summed E-state index contributed by atoms with van der Waals surface area (Å²) in [4.78, 5) is 11.3. The second-order valence-corrected chi connectivity index (χ2v) is 6.73. The molecule has 1 saturated heterocycles. The van der Waals surface area contributed by atoms with Gasteiger partial charge in [-0.05, 0) is 56.6 Å². The lowest BCUT2D eigenvalue weighted by Gasteiger charge is -2.39. The number of benzene rings is 1. The Kier molecular flexibility index (Phi) is 5.46. The first-order valence-corrected chi connectivity index (χ1v) is 7.89. The van der Waals surface area contributed by atoms with E-state index in [0.29, 0.717) is 12.5 Å². The molecule has 1 aromatic carbocycles. The quantitative estimate of drug-likeness (QED) is 0.873. The summed E-state index contributed by atoms with van der Waals surface area (Å²) >= 11 is 0. The van der Waals surface area contributed by atoms with Crippen LogP contribution in [0.5, 0.6) is 5.75 Å². The fourth-order valence-corrected chi connectivity index (χ4v) is 3.47. The molecule has 122 valence electrons. The molecule has 0 spiro atoms. The number of carboxylic acids is 1. The van der Waals surface area contributed by atoms with Gasteiger partial charge in [0.25, 0.3) is 0 Å². The van der Waals surface area contributed by atoms with E-state index < -0.39 is 5.97 Å². The van der Waals surface area contributed by atoms with E-state index in [-0.39, 0.29) is 17.9 Å². The Hall–Kier alpha value is -1.55. The minimum atomic E-state index is -0.732. The van der Waals surface area contributed by atoms with Gasteiger partial charge in [0, 0.05) is 13.0 Å². The number of hydrogen-bond donors (Lipinski definition) is 1. The molecule has 1 aromatic rings. The predicted molar refractivity (Wildman–Crippen MR) is 85.2 cm³/mol. The summed E-state index contributed by atoms with van der Waals surface area (Å²) < 4.78 is 11.2. The Balaban J connectivity index is 2.17. The molecule has 0 aromatic heterocycles. The van der Waals surface area contributed by atoms with Crippen LogP contribution in [0.1, 0.15) is 38.7 Å². The number of hydrogen-bond acceptors (Lipinski definition) is 3. The number of ether oxygens (including phenoxy) is 2. The van der Waals surface area contributed by atoms with E-state index in [1.54, 1.807) is 7.11 Å². The summed E-state index contributed by atoms with van der Waals surface area (Å²) in [6, 6.07) is 7.87. The Morgan fingerprint density at radius 2 is 2.18 bits per heavy atom. The first-order chi connectivity index (χ1) is 10.4. The summed E-state index contributed by atoms with van der Waals surface area (Å²) in [5.41, 5.74) is 0.918. The van der Waals surface area contributed by atoms with Gasteiger partial charge in [0.2, 0.25) is 0 Å². The largest absolute Gasteiger partial charge is 0.496 e. The lowest BCUT2D eigenvalue weighted by atomic mass is 9.75. The number of rotatable bonds is 6. The molecule has 4 nitrogen and oxygen atoms in total. The molecule has 1 heterocycles. The van der Waals surface area contributed by atoms with Crippen molar-refractivity contribution >= 4 is 5.97 Å². The molecule has 22 heavy (non-hydrogen) atoms. The third kappa shape index (κ3) is 4.47. The minimum absolute atomic E-state index is 0.108. The highest BCUT2D eigenvalue weighted by Crippen LogP contribution is 2.37. The van der Waals surface area contributed by atoms with Crippen LogP contribution >= 0.6 is 0 Å². The molecule has 2 rings (SSSR count). The maximum Gasteiger partial charge on any atom is 0.303 e. The summed E-state index contributed by atoms with van der Waals surface area (Å²) in [6.07, 6.45) is 2.76. The first kappa shape index (κ1) is 16.8. The van der Waals surface area contributed by atoms with Gasteiger partial charge in [0.05, 0.1) is 12.7 Å². The monoisotopic (exact) mass is 306 g/mol. The molecular formula is C18H26O4. The van der Waals surface area contributed by atoms with Crippen LogP contribution in [-0.2, 0) is 16.0 Å². The fraction of sp³-hybridized carbons (Fsp3) is 0.611. The molecular weight excluding hydrogens is 280 g/mol. The number of methoxy groups -OCH3 is 1. The van der Waals surface area contributed by atoms with Crippen LogP contribution in [0.3, 0.4) is 0 Å². The van der Waals surface area contributed by atoms with Crippen LogP contribution in [0.25, 0.3) is 0 Å². The smallest absolute Gasteiger partial charge is 0.303 e. The Morgan fingerprint density at radius 3 is 2.82 bits per heavy atom. The van der Waals surface area contributed by atoms with E-state index in [9.17, 15) is 9.90 Å². The lowest BCUT2D eigenvalue weighted by molar-refractivity contribution is -0.140. The maximum absolute atomic E-state index is 11.3. The van der Waals surface area contributed by atoms with Crippen molar-refractivity contribution in [3.63, 3.8) is 0 Å². The van der Waals surface area contributed by atoms with Crippen LogP contribution < -0.4 is 4.74 Å². The van der Waals surface area contributed by atoms with Gasteiger partial charge in [-0.25, -0.2) is 0 Å². The molecule has 0 radical (unpaired) electrons. The first-order valence-electron chi connectivity index (χ1n) is 7.89. The summed E-state index contributed by atoms with van der Waals surface area (Å²) in [5.74, 6) is 0.579. The van der Waals surface area contributed by atoms with Crippen LogP contribution in [0.15, 0.2) is 24.3 Å². The van der Waals surface area contributed by atoms with Crippen molar-refractivity contribution in [2.45, 2.75) is 45.1 Å². The third-order valence-electron chi connectivity index (χ3n) is 4.51. The van der Waals surface area contributed by atoms with Crippen molar-refractivity contribution in [1.29, 1.82) is 0 Å². The van der Waals surface area contributed by atoms with Crippen molar-refractivity contribution in [2.75, 3.05) is 13.7 Å². The van der Waals surface area contributed by atoms with Gasteiger partial charge in [0.15, 0.2) is 0 Å². The fourth-order valence-electron chi connectivity index (χ4n) is 3.47. The molecule has 2 atom stereocenters. The van der Waals surface area contributed by atoms with E-state index >= 15 is 0 Å². The number of aliphatic carboxylic acids is 1. The van der Waals surface area contributed by atoms with Crippen molar-refractivity contribution < 1.29 is 19.4 Å². The summed E-state index contributed by atoms with van der Waals surface area (Å²) in [5, 5.41) is 9.29. The predicted octanol–water partition coefficient (Wildman–Crippen LogP) is 3.53. The second kappa shape index (κ2) is 7.14. The number of carboxylic acid groups (broad SMARTS) is 1. The molecule has 0 saturated carbocycles. The number of para-hydroxylation sites is 1. The molecule has 1 aliphatic heterocycles. The summed E-state index contributed by atoms with van der Waals surface area (Å²) in [6.45, 7) is 4.87. The van der Waals surface area contributed by atoms with Crippen LogP contribution in [0, 0.1) is 11.8 Å². The van der Waals surface area contributed by atoms with Crippen LogP contribution in [0.4, 0.5) is 0 Å². The van der Waals surface area contributed by atoms with E-state index in [1.807, 2.05) is 24.3 Å². The van der Waals surface area contributed by atoms with Gasteiger partial charge >= 0.3 is 5.97 Å². The van der Waals surface area contributed by atoms with Crippen molar-refractivity contribution in [3.05, 3.63) is 29.8 Å². The van der Waals surface area contributed by atoms with Gasteiger partial charge in [-0.3, -0.25) is 4.79 Å². The van der Waals surface area contributed by atoms with Gasteiger partial charge in [-0.2, -0.15) is 0 Å². The van der Waals surface area contributed by atoms with Gasteiger partial charge in [-0.15, -0.1) is 0 Å². The molecule has 0 aliphatic carbocycles.